The van der Waals surface area contributed by atoms with Crippen molar-refractivity contribution in [3.8, 4) is 11.5 Å². The molecule has 0 spiro atoms. The third-order valence-electron chi connectivity index (χ3n) is 3.99. The van der Waals surface area contributed by atoms with Crippen molar-refractivity contribution in [3.63, 3.8) is 0 Å². The SMILES string of the molecule is O=C(Nc1ccc(-c2nc3ccccc3o2)cc1)C1CCOC1. The van der Waals surface area contributed by atoms with Gasteiger partial charge in [0, 0.05) is 17.9 Å². The number of benzene rings is 2. The Kier molecular flexibility index (Phi) is 3.55. The Morgan fingerprint density at radius 1 is 1.13 bits per heavy atom. The highest BCUT2D eigenvalue weighted by atomic mass is 16.5. The van der Waals surface area contributed by atoms with Crippen LogP contribution in [0.25, 0.3) is 22.6 Å². The molecule has 2 aromatic carbocycles. The number of carbonyl (C=O) groups is 1. The lowest BCUT2D eigenvalue weighted by molar-refractivity contribution is -0.119. The second kappa shape index (κ2) is 5.85. The topological polar surface area (TPSA) is 64.4 Å². The molecule has 1 amide bonds. The molecule has 5 heteroatoms. The molecule has 1 saturated heterocycles. The molecule has 3 aromatic rings. The lowest BCUT2D eigenvalue weighted by Gasteiger charge is -2.09. The fourth-order valence-corrected chi connectivity index (χ4v) is 2.68. The van der Waals surface area contributed by atoms with Crippen LogP contribution in [0.4, 0.5) is 5.69 Å². The molecule has 1 unspecified atom stereocenters. The first-order valence-corrected chi connectivity index (χ1v) is 7.64. The van der Waals surface area contributed by atoms with Crippen molar-refractivity contribution in [3.05, 3.63) is 48.5 Å². The van der Waals surface area contributed by atoms with E-state index in [9.17, 15) is 4.79 Å². The Labute approximate surface area is 133 Å². The number of aromatic nitrogens is 1. The van der Waals surface area contributed by atoms with E-state index in [0.29, 0.717) is 19.1 Å². The van der Waals surface area contributed by atoms with E-state index in [1.807, 2.05) is 48.5 Å². The van der Waals surface area contributed by atoms with Gasteiger partial charge in [-0.25, -0.2) is 4.98 Å². The average molecular weight is 308 g/mol. The number of hydrogen-bond donors (Lipinski definition) is 1. The Morgan fingerprint density at radius 3 is 2.70 bits per heavy atom. The monoisotopic (exact) mass is 308 g/mol. The summed E-state index contributed by atoms with van der Waals surface area (Å²) in [5.41, 5.74) is 3.24. The number of rotatable bonds is 3. The molecule has 1 aliphatic rings. The quantitative estimate of drug-likeness (QED) is 0.804. The molecular formula is C18H16N2O3. The summed E-state index contributed by atoms with van der Waals surface area (Å²) in [6, 6.07) is 15.2. The van der Waals surface area contributed by atoms with Crippen LogP contribution >= 0.6 is 0 Å². The predicted molar refractivity (Wildman–Crippen MR) is 87.0 cm³/mol. The van der Waals surface area contributed by atoms with E-state index in [1.54, 1.807) is 0 Å². The minimum absolute atomic E-state index is 0.0112. The minimum atomic E-state index is -0.0493. The molecule has 1 fully saturated rings. The van der Waals surface area contributed by atoms with Gasteiger partial charge in [0.1, 0.15) is 5.52 Å². The zero-order chi connectivity index (χ0) is 15.6. The fraction of sp³-hybridized carbons (Fsp3) is 0.222. The van der Waals surface area contributed by atoms with Gasteiger partial charge in [-0.3, -0.25) is 4.79 Å². The van der Waals surface area contributed by atoms with Crippen LogP contribution < -0.4 is 5.32 Å². The molecule has 0 bridgehead atoms. The van der Waals surface area contributed by atoms with Gasteiger partial charge in [-0.05, 0) is 42.8 Å². The number of nitrogens with one attached hydrogen (secondary N) is 1. The van der Waals surface area contributed by atoms with E-state index in [1.165, 1.54) is 0 Å². The summed E-state index contributed by atoms with van der Waals surface area (Å²) in [6.07, 6.45) is 0.785. The molecule has 2 heterocycles. The highest BCUT2D eigenvalue weighted by Gasteiger charge is 2.23. The van der Waals surface area contributed by atoms with Crippen molar-refractivity contribution in [2.75, 3.05) is 18.5 Å². The third-order valence-corrected chi connectivity index (χ3v) is 3.99. The van der Waals surface area contributed by atoms with Crippen LogP contribution in [0.5, 0.6) is 0 Å². The molecule has 1 atom stereocenters. The zero-order valence-electron chi connectivity index (χ0n) is 12.5. The number of carbonyl (C=O) groups excluding carboxylic acids is 1. The van der Waals surface area contributed by atoms with Crippen molar-refractivity contribution < 1.29 is 13.9 Å². The van der Waals surface area contributed by atoms with E-state index in [-0.39, 0.29) is 11.8 Å². The Hall–Kier alpha value is -2.66. The smallest absolute Gasteiger partial charge is 0.229 e. The average Bonchev–Trinajstić information content (AvgIpc) is 3.25. The number of amides is 1. The highest BCUT2D eigenvalue weighted by molar-refractivity contribution is 5.93. The maximum Gasteiger partial charge on any atom is 0.229 e. The maximum absolute atomic E-state index is 12.1. The first-order chi connectivity index (χ1) is 11.3. The second-order valence-electron chi connectivity index (χ2n) is 5.61. The lowest BCUT2D eigenvalue weighted by Crippen LogP contribution is -2.22. The molecule has 116 valence electrons. The van der Waals surface area contributed by atoms with Crippen LogP contribution in [0.3, 0.4) is 0 Å². The molecule has 5 nitrogen and oxygen atoms in total. The van der Waals surface area contributed by atoms with Crippen molar-refractivity contribution >= 4 is 22.7 Å². The van der Waals surface area contributed by atoms with Crippen LogP contribution in [0.2, 0.25) is 0 Å². The highest BCUT2D eigenvalue weighted by Crippen LogP contribution is 2.25. The third kappa shape index (κ3) is 2.83. The fourth-order valence-electron chi connectivity index (χ4n) is 2.68. The minimum Gasteiger partial charge on any atom is -0.436 e. The largest absolute Gasteiger partial charge is 0.436 e. The molecule has 4 rings (SSSR count). The number of oxazole rings is 1. The first-order valence-electron chi connectivity index (χ1n) is 7.64. The van der Waals surface area contributed by atoms with Crippen LogP contribution in [-0.2, 0) is 9.53 Å². The number of ether oxygens (including phenoxy) is 1. The second-order valence-corrected chi connectivity index (χ2v) is 5.61. The predicted octanol–water partition coefficient (Wildman–Crippen LogP) is 3.47. The van der Waals surface area contributed by atoms with Crippen molar-refractivity contribution in [1.82, 2.24) is 4.98 Å². The standard InChI is InChI=1S/C18H16N2O3/c21-17(13-9-10-22-11-13)19-14-7-5-12(6-8-14)18-20-15-3-1-2-4-16(15)23-18/h1-8,13H,9-11H2,(H,19,21). The van der Waals surface area contributed by atoms with Gasteiger partial charge < -0.3 is 14.5 Å². The van der Waals surface area contributed by atoms with Gasteiger partial charge in [0.15, 0.2) is 5.58 Å². The number of nitrogens with zero attached hydrogens (tertiary/aromatic N) is 1. The summed E-state index contributed by atoms with van der Waals surface area (Å²) in [4.78, 5) is 16.5. The van der Waals surface area contributed by atoms with Crippen LogP contribution in [-0.4, -0.2) is 24.1 Å². The van der Waals surface area contributed by atoms with Gasteiger partial charge >= 0.3 is 0 Å². The van der Waals surface area contributed by atoms with Gasteiger partial charge in [0.25, 0.3) is 0 Å². The molecule has 1 aromatic heterocycles. The summed E-state index contributed by atoms with van der Waals surface area (Å²) in [7, 11) is 0. The number of hydrogen-bond acceptors (Lipinski definition) is 4. The number of para-hydroxylation sites is 2. The Balaban J connectivity index is 1.52. The first kappa shape index (κ1) is 14.0. The van der Waals surface area contributed by atoms with Gasteiger partial charge in [0.2, 0.25) is 11.8 Å². The van der Waals surface area contributed by atoms with Gasteiger partial charge in [0.05, 0.1) is 12.5 Å². The van der Waals surface area contributed by atoms with E-state index >= 15 is 0 Å². The molecular weight excluding hydrogens is 292 g/mol. The van der Waals surface area contributed by atoms with Gasteiger partial charge in [-0.1, -0.05) is 12.1 Å². The zero-order valence-corrected chi connectivity index (χ0v) is 12.5. The van der Waals surface area contributed by atoms with Crippen molar-refractivity contribution in [2.45, 2.75) is 6.42 Å². The number of anilines is 1. The molecule has 0 saturated carbocycles. The van der Waals surface area contributed by atoms with Gasteiger partial charge in [-0.2, -0.15) is 0 Å². The van der Waals surface area contributed by atoms with Crippen molar-refractivity contribution in [2.24, 2.45) is 5.92 Å². The molecule has 1 N–H and O–H groups in total. The molecule has 1 aliphatic heterocycles. The summed E-state index contributed by atoms with van der Waals surface area (Å²) in [6.45, 7) is 1.17. The lowest BCUT2D eigenvalue weighted by atomic mass is 10.1. The maximum atomic E-state index is 12.1. The van der Waals surface area contributed by atoms with Crippen LogP contribution in [0.15, 0.2) is 52.9 Å². The van der Waals surface area contributed by atoms with Crippen LogP contribution in [0, 0.1) is 5.92 Å². The van der Waals surface area contributed by atoms with E-state index in [2.05, 4.69) is 10.3 Å². The number of fused-ring (bicyclic) bond motifs is 1. The van der Waals surface area contributed by atoms with E-state index in [4.69, 9.17) is 9.15 Å². The molecule has 23 heavy (non-hydrogen) atoms. The van der Waals surface area contributed by atoms with Gasteiger partial charge in [-0.15, -0.1) is 0 Å². The molecule has 0 radical (unpaired) electrons. The molecule has 0 aliphatic carbocycles. The summed E-state index contributed by atoms with van der Waals surface area (Å²) >= 11 is 0. The summed E-state index contributed by atoms with van der Waals surface area (Å²) in [5, 5.41) is 2.92. The summed E-state index contributed by atoms with van der Waals surface area (Å²) in [5.74, 6) is 0.539. The van der Waals surface area contributed by atoms with Crippen LogP contribution in [0.1, 0.15) is 6.42 Å². The Bertz CT molecular complexity index is 800. The van der Waals surface area contributed by atoms with E-state index in [0.717, 1.165) is 28.8 Å². The van der Waals surface area contributed by atoms with E-state index < -0.39 is 0 Å². The normalized spacial score (nSPS) is 17.5. The Morgan fingerprint density at radius 2 is 1.96 bits per heavy atom. The van der Waals surface area contributed by atoms with Crippen molar-refractivity contribution in [1.29, 1.82) is 0 Å². The summed E-state index contributed by atoms with van der Waals surface area (Å²) < 4.78 is 11.0.